The fraction of sp³-hybridized carbons (Fsp3) is 0.909. The molecule has 2 unspecified atom stereocenters. The second-order valence-corrected chi connectivity index (χ2v) is 4.43. The number of nitrogens with one attached hydrogen (secondary N) is 1. The Morgan fingerprint density at radius 2 is 2.33 bits per heavy atom. The predicted molar refractivity (Wildman–Crippen MR) is 59.7 cm³/mol. The van der Waals surface area contributed by atoms with E-state index in [-0.39, 0.29) is 11.9 Å². The Bertz CT molecular complexity index is 201. The quantitative estimate of drug-likeness (QED) is 0.724. The summed E-state index contributed by atoms with van der Waals surface area (Å²) in [5.74, 6) is 0.817. The number of ether oxygens (including phenoxy) is 1. The van der Waals surface area contributed by atoms with Crippen LogP contribution in [0.15, 0.2) is 0 Å². The van der Waals surface area contributed by atoms with Crippen LogP contribution in [0.3, 0.4) is 0 Å². The topological polar surface area (TPSA) is 41.6 Å². The first-order valence-corrected chi connectivity index (χ1v) is 5.63. The van der Waals surface area contributed by atoms with Crippen LogP contribution in [0.5, 0.6) is 0 Å². The van der Waals surface area contributed by atoms with Crippen molar-refractivity contribution in [3.63, 3.8) is 0 Å². The summed E-state index contributed by atoms with van der Waals surface area (Å²) in [6.45, 7) is 4.59. The van der Waals surface area contributed by atoms with Crippen molar-refractivity contribution in [2.75, 3.05) is 33.9 Å². The Balaban J connectivity index is 2.10. The normalized spacial score (nSPS) is 22.7. The predicted octanol–water partition coefficient (Wildman–Crippen LogP) is 0.479. The van der Waals surface area contributed by atoms with E-state index in [1.807, 2.05) is 6.92 Å². The van der Waals surface area contributed by atoms with E-state index >= 15 is 0 Å². The summed E-state index contributed by atoms with van der Waals surface area (Å²) in [4.78, 5) is 13.1. The fourth-order valence-electron chi connectivity index (χ4n) is 1.79. The average molecular weight is 214 g/mol. The molecule has 1 rings (SSSR count). The van der Waals surface area contributed by atoms with Gasteiger partial charge in [-0.3, -0.25) is 4.79 Å². The van der Waals surface area contributed by atoms with Crippen molar-refractivity contribution < 1.29 is 9.53 Å². The van der Waals surface area contributed by atoms with Gasteiger partial charge in [-0.15, -0.1) is 0 Å². The molecule has 0 aromatic rings. The molecule has 2 atom stereocenters. The van der Waals surface area contributed by atoms with Crippen molar-refractivity contribution in [2.24, 2.45) is 5.92 Å². The van der Waals surface area contributed by atoms with Crippen LogP contribution in [0, 0.1) is 5.92 Å². The number of carbonyl (C=O) groups excluding carboxylic acids is 1. The molecule has 0 bridgehead atoms. The smallest absolute Gasteiger partial charge is 0.238 e. The number of amides is 1. The maximum absolute atomic E-state index is 11.5. The van der Waals surface area contributed by atoms with E-state index < -0.39 is 0 Å². The molecule has 0 aromatic carbocycles. The molecule has 1 aliphatic rings. The van der Waals surface area contributed by atoms with Crippen LogP contribution in [0.1, 0.15) is 19.8 Å². The lowest BCUT2D eigenvalue weighted by atomic mass is 10.1. The highest BCUT2D eigenvalue weighted by molar-refractivity contribution is 5.80. The molecule has 15 heavy (non-hydrogen) atoms. The zero-order chi connectivity index (χ0) is 11.3. The largest absolute Gasteiger partial charge is 0.381 e. The summed E-state index contributed by atoms with van der Waals surface area (Å²) in [5, 5.41) is 3.24. The summed E-state index contributed by atoms with van der Waals surface area (Å²) in [5.41, 5.74) is 0. The second-order valence-electron chi connectivity index (χ2n) is 4.43. The van der Waals surface area contributed by atoms with Crippen LogP contribution in [0.25, 0.3) is 0 Å². The molecule has 1 N–H and O–H groups in total. The van der Waals surface area contributed by atoms with Gasteiger partial charge in [-0.1, -0.05) is 0 Å². The van der Waals surface area contributed by atoms with Crippen LogP contribution in [0.2, 0.25) is 0 Å². The summed E-state index contributed by atoms with van der Waals surface area (Å²) in [6.07, 6.45) is 2.27. The van der Waals surface area contributed by atoms with Gasteiger partial charge in [0.15, 0.2) is 0 Å². The molecule has 4 nitrogen and oxygen atoms in total. The Kier molecular flexibility index (Phi) is 5.05. The van der Waals surface area contributed by atoms with Gasteiger partial charge in [0.2, 0.25) is 5.91 Å². The molecule has 0 saturated carbocycles. The monoisotopic (exact) mass is 214 g/mol. The van der Waals surface area contributed by atoms with Gasteiger partial charge in [-0.05, 0) is 32.2 Å². The average Bonchev–Trinajstić information content (AvgIpc) is 2.69. The Labute approximate surface area is 92.0 Å². The van der Waals surface area contributed by atoms with Gasteiger partial charge < -0.3 is 15.0 Å². The lowest BCUT2D eigenvalue weighted by molar-refractivity contribution is -0.130. The summed E-state index contributed by atoms with van der Waals surface area (Å²) in [7, 11) is 3.57. The van der Waals surface area contributed by atoms with Crippen molar-refractivity contribution in [2.45, 2.75) is 25.8 Å². The van der Waals surface area contributed by atoms with Gasteiger partial charge in [0.05, 0.1) is 6.04 Å². The van der Waals surface area contributed by atoms with Crippen molar-refractivity contribution in [3.8, 4) is 0 Å². The van der Waals surface area contributed by atoms with Crippen LogP contribution < -0.4 is 5.32 Å². The SMILES string of the molecule is CC(NCCC1CCOC1)C(=O)N(C)C. The van der Waals surface area contributed by atoms with E-state index in [1.165, 1.54) is 0 Å². The van der Waals surface area contributed by atoms with Gasteiger partial charge in [-0.25, -0.2) is 0 Å². The highest BCUT2D eigenvalue weighted by Crippen LogP contribution is 2.15. The highest BCUT2D eigenvalue weighted by atomic mass is 16.5. The zero-order valence-corrected chi connectivity index (χ0v) is 9.95. The highest BCUT2D eigenvalue weighted by Gasteiger charge is 2.17. The lowest BCUT2D eigenvalue weighted by Crippen LogP contribution is -2.42. The van der Waals surface area contributed by atoms with Crippen LogP contribution in [-0.4, -0.2) is 50.7 Å². The molecule has 4 heteroatoms. The van der Waals surface area contributed by atoms with Gasteiger partial charge in [-0.2, -0.15) is 0 Å². The number of likely N-dealkylation sites (N-methyl/N-ethyl adjacent to an activating group) is 1. The first-order chi connectivity index (χ1) is 7.11. The molecule has 0 aliphatic carbocycles. The van der Waals surface area contributed by atoms with Gasteiger partial charge in [0, 0.05) is 27.3 Å². The van der Waals surface area contributed by atoms with Gasteiger partial charge in [0.1, 0.15) is 0 Å². The molecule has 1 fully saturated rings. The standard InChI is InChI=1S/C11H22N2O2/c1-9(11(14)13(2)3)12-6-4-10-5-7-15-8-10/h9-10,12H,4-8H2,1-3H3. The minimum atomic E-state index is -0.0812. The molecular weight excluding hydrogens is 192 g/mol. The van der Waals surface area contributed by atoms with Gasteiger partial charge >= 0.3 is 0 Å². The summed E-state index contributed by atoms with van der Waals surface area (Å²) in [6, 6.07) is -0.0812. The third kappa shape index (κ3) is 4.18. The van der Waals surface area contributed by atoms with Crippen molar-refractivity contribution in [1.29, 1.82) is 0 Å². The van der Waals surface area contributed by atoms with E-state index in [0.29, 0.717) is 5.92 Å². The second kappa shape index (κ2) is 6.08. The fourth-order valence-corrected chi connectivity index (χ4v) is 1.79. The van der Waals surface area contributed by atoms with Crippen molar-refractivity contribution >= 4 is 5.91 Å². The Hall–Kier alpha value is -0.610. The van der Waals surface area contributed by atoms with E-state index in [9.17, 15) is 4.79 Å². The zero-order valence-electron chi connectivity index (χ0n) is 9.95. The van der Waals surface area contributed by atoms with Crippen LogP contribution in [-0.2, 0) is 9.53 Å². The minimum absolute atomic E-state index is 0.0812. The van der Waals surface area contributed by atoms with Crippen molar-refractivity contribution in [1.82, 2.24) is 10.2 Å². The molecular formula is C11H22N2O2. The van der Waals surface area contributed by atoms with E-state index in [2.05, 4.69) is 5.32 Å². The third-order valence-corrected chi connectivity index (χ3v) is 2.84. The molecule has 1 saturated heterocycles. The summed E-state index contributed by atoms with van der Waals surface area (Å²) < 4.78 is 5.30. The van der Waals surface area contributed by atoms with Crippen LogP contribution in [0.4, 0.5) is 0 Å². The molecule has 88 valence electrons. The number of hydrogen-bond donors (Lipinski definition) is 1. The van der Waals surface area contributed by atoms with E-state index in [1.54, 1.807) is 19.0 Å². The van der Waals surface area contributed by atoms with Gasteiger partial charge in [0.25, 0.3) is 0 Å². The number of rotatable bonds is 5. The molecule has 1 heterocycles. The molecule has 1 amide bonds. The Morgan fingerprint density at radius 3 is 2.87 bits per heavy atom. The first kappa shape index (κ1) is 12.5. The first-order valence-electron chi connectivity index (χ1n) is 5.63. The van der Waals surface area contributed by atoms with Crippen molar-refractivity contribution in [3.05, 3.63) is 0 Å². The third-order valence-electron chi connectivity index (χ3n) is 2.84. The summed E-state index contributed by atoms with van der Waals surface area (Å²) >= 11 is 0. The number of carbonyl (C=O) groups is 1. The minimum Gasteiger partial charge on any atom is -0.381 e. The van der Waals surface area contributed by atoms with E-state index in [0.717, 1.165) is 32.6 Å². The van der Waals surface area contributed by atoms with E-state index in [4.69, 9.17) is 4.74 Å². The number of hydrogen-bond acceptors (Lipinski definition) is 3. The molecule has 1 aliphatic heterocycles. The Morgan fingerprint density at radius 1 is 1.60 bits per heavy atom. The lowest BCUT2D eigenvalue weighted by Gasteiger charge is -2.18. The number of nitrogens with zero attached hydrogens (tertiary/aromatic N) is 1. The maximum atomic E-state index is 11.5. The molecule has 0 radical (unpaired) electrons. The maximum Gasteiger partial charge on any atom is 0.238 e. The molecule has 0 spiro atoms. The van der Waals surface area contributed by atoms with Crippen LogP contribution >= 0.6 is 0 Å². The molecule has 0 aromatic heterocycles.